The van der Waals surface area contributed by atoms with Gasteiger partial charge in [0.2, 0.25) is 0 Å². The Bertz CT molecular complexity index is 381. The zero-order chi connectivity index (χ0) is 13.1. The second-order valence-electron chi connectivity index (χ2n) is 3.74. The Kier molecular flexibility index (Phi) is 5.34. The lowest BCUT2D eigenvalue weighted by Gasteiger charge is -2.14. The number of benzene rings is 1. The highest BCUT2D eigenvalue weighted by Crippen LogP contribution is 2.38. The fourth-order valence-electron chi connectivity index (χ4n) is 1.13. The summed E-state index contributed by atoms with van der Waals surface area (Å²) in [5.74, 6) is 0.436. The van der Waals surface area contributed by atoms with Crippen LogP contribution in [0.15, 0.2) is 27.6 Å². The van der Waals surface area contributed by atoms with Crippen LogP contribution in [-0.4, -0.2) is 17.5 Å². The van der Waals surface area contributed by atoms with Gasteiger partial charge in [-0.1, -0.05) is 22.9 Å². The summed E-state index contributed by atoms with van der Waals surface area (Å²) >= 11 is 4.15. The molecule has 1 atom stereocenters. The zero-order valence-corrected chi connectivity index (χ0v) is 11.5. The summed E-state index contributed by atoms with van der Waals surface area (Å²) in [4.78, 5) is 0.195. The third-order valence-corrected chi connectivity index (χ3v) is 3.98. The van der Waals surface area contributed by atoms with Gasteiger partial charge in [0.25, 0.3) is 0 Å². The third kappa shape index (κ3) is 4.52. The van der Waals surface area contributed by atoms with Gasteiger partial charge in [-0.05, 0) is 24.1 Å². The van der Waals surface area contributed by atoms with Gasteiger partial charge in [0.15, 0.2) is 0 Å². The van der Waals surface area contributed by atoms with E-state index in [0.717, 1.165) is 17.8 Å². The molecule has 1 unspecified atom stereocenters. The molecule has 1 rings (SSSR count). The highest BCUT2D eigenvalue weighted by Gasteiger charge is 2.33. The van der Waals surface area contributed by atoms with Crippen LogP contribution in [0.2, 0.25) is 0 Å². The Balaban J connectivity index is 2.91. The molecule has 1 nitrogen and oxygen atoms in total. The van der Waals surface area contributed by atoms with Crippen molar-refractivity contribution in [3.05, 3.63) is 28.2 Å². The summed E-state index contributed by atoms with van der Waals surface area (Å²) in [7, 11) is 0. The van der Waals surface area contributed by atoms with E-state index in [0.29, 0.717) is 10.2 Å². The summed E-state index contributed by atoms with van der Waals surface area (Å²) in [6.45, 7) is 1.77. The predicted octanol–water partition coefficient (Wildman–Crippen LogP) is 4.19. The Hall–Kier alpha value is -0.200. The minimum atomic E-state index is -4.35. The normalized spacial score (nSPS) is 13.8. The molecule has 0 bridgehead atoms. The molecular weight excluding hydrogens is 317 g/mol. The van der Waals surface area contributed by atoms with Gasteiger partial charge in [-0.15, -0.1) is 11.8 Å². The summed E-state index contributed by atoms with van der Waals surface area (Å²) in [5, 5.41) is 8.84. The first kappa shape index (κ1) is 14.9. The topological polar surface area (TPSA) is 20.2 Å². The summed E-state index contributed by atoms with van der Waals surface area (Å²) in [5.41, 5.74) is -0.637. The SMILES string of the molecule is CC(CO)CSc1ccc(Br)cc1C(F)(F)F. The number of thioether (sulfide) groups is 1. The standard InChI is InChI=1S/C11H12BrF3OS/c1-7(5-16)6-17-10-3-2-8(12)4-9(10)11(13,14)15/h2-4,7,16H,5-6H2,1H3. The van der Waals surface area contributed by atoms with E-state index >= 15 is 0 Å². The van der Waals surface area contributed by atoms with E-state index in [2.05, 4.69) is 15.9 Å². The van der Waals surface area contributed by atoms with Gasteiger partial charge in [0, 0.05) is 21.7 Å². The van der Waals surface area contributed by atoms with E-state index in [9.17, 15) is 13.2 Å². The van der Waals surface area contributed by atoms with Crippen LogP contribution >= 0.6 is 27.7 Å². The Morgan fingerprint density at radius 2 is 2.06 bits per heavy atom. The van der Waals surface area contributed by atoms with Crippen LogP contribution < -0.4 is 0 Å². The van der Waals surface area contributed by atoms with Crippen LogP contribution in [0.25, 0.3) is 0 Å². The maximum atomic E-state index is 12.8. The predicted molar refractivity (Wildman–Crippen MR) is 66.1 cm³/mol. The lowest BCUT2D eigenvalue weighted by molar-refractivity contribution is -0.139. The third-order valence-electron chi connectivity index (χ3n) is 2.08. The van der Waals surface area contributed by atoms with Crippen LogP contribution in [-0.2, 0) is 6.18 Å². The van der Waals surface area contributed by atoms with Crippen molar-refractivity contribution in [3.63, 3.8) is 0 Å². The lowest BCUT2D eigenvalue weighted by Crippen LogP contribution is -2.08. The van der Waals surface area contributed by atoms with Gasteiger partial charge >= 0.3 is 6.18 Å². The maximum Gasteiger partial charge on any atom is 0.417 e. The molecule has 0 aliphatic rings. The number of aliphatic hydroxyl groups excluding tert-OH is 1. The molecule has 0 aliphatic heterocycles. The summed E-state index contributed by atoms with van der Waals surface area (Å²) < 4.78 is 38.7. The Morgan fingerprint density at radius 3 is 2.59 bits per heavy atom. The molecule has 0 aliphatic carbocycles. The molecule has 1 aromatic rings. The van der Waals surface area contributed by atoms with Crippen LogP contribution in [0.4, 0.5) is 13.2 Å². The molecule has 1 N–H and O–H groups in total. The number of halogens is 4. The van der Waals surface area contributed by atoms with Crippen molar-refractivity contribution in [1.82, 2.24) is 0 Å². The van der Waals surface area contributed by atoms with Gasteiger partial charge in [0.05, 0.1) is 5.56 Å². The molecule has 6 heteroatoms. The van der Waals surface area contributed by atoms with Crippen molar-refractivity contribution in [1.29, 1.82) is 0 Å². The molecule has 0 saturated heterocycles. The Labute approximate surface area is 111 Å². The molecular formula is C11H12BrF3OS. The van der Waals surface area contributed by atoms with Gasteiger partial charge in [0.1, 0.15) is 0 Å². The second-order valence-corrected chi connectivity index (χ2v) is 5.71. The second kappa shape index (κ2) is 6.11. The molecule has 0 fully saturated rings. The Morgan fingerprint density at radius 1 is 1.41 bits per heavy atom. The fraction of sp³-hybridized carbons (Fsp3) is 0.455. The first-order valence-corrected chi connectivity index (χ1v) is 6.73. The van der Waals surface area contributed by atoms with E-state index in [1.807, 2.05) is 0 Å². The number of rotatable bonds is 4. The van der Waals surface area contributed by atoms with Crippen molar-refractivity contribution in [2.24, 2.45) is 5.92 Å². The average Bonchev–Trinajstić information content (AvgIpc) is 2.25. The first-order chi connectivity index (χ1) is 7.84. The van der Waals surface area contributed by atoms with E-state index in [-0.39, 0.29) is 17.4 Å². The van der Waals surface area contributed by atoms with Crippen LogP contribution in [0.5, 0.6) is 0 Å². The van der Waals surface area contributed by atoms with E-state index in [4.69, 9.17) is 5.11 Å². The number of alkyl halides is 3. The van der Waals surface area contributed by atoms with Crippen LogP contribution in [0.3, 0.4) is 0 Å². The van der Waals surface area contributed by atoms with Gasteiger partial charge < -0.3 is 5.11 Å². The minimum absolute atomic E-state index is 0.0229. The average molecular weight is 329 g/mol. The fourth-order valence-corrected chi connectivity index (χ4v) is 2.56. The van der Waals surface area contributed by atoms with Gasteiger partial charge in [-0.25, -0.2) is 0 Å². The van der Waals surface area contributed by atoms with Crippen LogP contribution in [0, 0.1) is 5.92 Å². The molecule has 96 valence electrons. The van der Waals surface area contributed by atoms with Gasteiger partial charge in [-0.2, -0.15) is 13.2 Å². The van der Waals surface area contributed by atoms with E-state index < -0.39 is 11.7 Å². The highest BCUT2D eigenvalue weighted by molar-refractivity contribution is 9.10. The molecule has 0 spiro atoms. The van der Waals surface area contributed by atoms with Crippen molar-refractivity contribution in [2.45, 2.75) is 18.0 Å². The molecule has 0 amide bonds. The van der Waals surface area contributed by atoms with Crippen molar-refractivity contribution >= 4 is 27.7 Å². The zero-order valence-electron chi connectivity index (χ0n) is 9.09. The molecule has 0 aromatic heterocycles. The van der Waals surface area contributed by atoms with Gasteiger partial charge in [-0.3, -0.25) is 0 Å². The van der Waals surface area contributed by atoms with Crippen molar-refractivity contribution in [3.8, 4) is 0 Å². The quantitative estimate of drug-likeness (QED) is 0.836. The minimum Gasteiger partial charge on any atom is -0.396 e. The number of aliphatic hydroxyl groups is 1. The summed E-state index contributed by atoms with van der Waals surface area (Å²) in [6, 6.07) is 4.11. The molecule has 0 heterocycles. The molecule has 1 aromatic carbocycles. The van der Waals surface area contributed by atoms with E-state index in [1.54, 1.807) is 13.0 Å². The van der Waals surface area contributed by atoms with Crippen LogP contribution in [0.1, 0.15) is 12.5 Å². The first-order valence-electron chi connectivity index (χ1n) is 4.95. The monoisotopic (exact) mass is 328 g/mol. The smallest absolute Gasteiger partial charge is 0.396 e. The lowest BCUT2D eigenvalue weighted by atomic mass is 10.2. The highest BCUT2D eigenvalue weighted by atomic mass is 79.9. The largest absolute Gasteiger partial charge is 0.417 e. The number of hydrogen-bond donors (Lipinski definition) is 1. The van der Waals surface area contributed by atoms with Crippen molar-refractivity contribution < 1.29 is 18.3 Å². The molecule has 0 saturated carbocycles. The summed E-state index contributed by atoms with van der Waals surface area (Å²) in [6.07, 6.45) is -4.35. The van der Waals surface area contributed by atoms with Crippen molar-refractivity contribution in [2.75, 3.05) is 12.4 Å². The molecule has 17 heavy (non-hydrogen) atoms. The van der Waals surface area contributed by atoms with E-state index in [1.165, 1.54) is 6.07 Å². The molecule has 0 radical (unpaired) electrons. The maximum absolute atomic E-state index is 12.8. The number of hydrogen-bond acceptors (Lipinski definition) is 2.